The van der Waals surface area contributed by atoms with Crippen molar-refractivity contribution in [1.29, 1.82) is 0 Å². The number of aromatic nitrogens is 2. The highest BCUT2D eigenvalue weighted by Gasteiger charge is 2.08. The summed E-state index contributed by atoms with van der Waals surface area (Å²) in [5, 5.41) is 4.11. The normalized spacial score (nSPS) is 10.8. The Kier molecular flexibility index (Phi) is 4.83. The summed E-state index contributed by atoms with van der Waals surface area (Å²) < 4.78 is 1.65. The first-order valence-electron chi connectivity index (χ1n) is 9.21. The summed E-state index contributed by atoms with van der Waals surface area (Å²) in [7, 11) is 1.59. The molecule has 0 unspecified atom stereocenters. The number of hydrogen-bond acceptors (Lipinski definition) is 4. The van der Waals surface area contributed by atoms with E-state index in [4.69, 9.17) is 5.73 Å². The van der Waals surface area contributed by atoms with E-state index in [1.807, 2.05) is 48.5 Å². The van der Waals surface area contributed by atoms with Crippen molar-refractivity contribution in [2.45, 2.75) is 6.54 Å². The number of anilines is 1. The third-order valence-corrected chi connectivity index (χ3v) is 4.86. The smallest absolute Gasteiger partial charge is 0.258 e. The number of carbonyl (C=O) groups is 1. The van der Waals surface area contributed by atoms with Crippen molar-refractivity contribution >= 4 is 22.5 Å². The molecule has 29 heavy (non-hydrogen) atoms. The number of nitrogens with zero attached hydrogens (tertiary/aromatic N) is 2. The number of carbonyl (C=O) groups excluding carboxylic acids is 1. The van der Waals surface area contributed by atoms with E-state index in [2.05, 4.69) is 10.3 Å². The molecule has 6 nitrogen and oxygen atoms in total. The summed E-state index contributed by atoms with van der Waals surface area (Å²) in [6.45, 7) is 0.391. The zero-order valence-electron chi connectivity index (χ0n) is 15.9. The Morgan fingerprint density at radius 3 is 2.69 bits per heavy atom. The molecule has 6 heteroatoms. The van der Waals surface area contributed by atoms with Crippen molar-refractivity contribution in [3.8, 4) is 11.1 Å². The van der Waals surface area contributed by atoms with Crippen LogP contribution in [0.3, 0.4) is 0 Å². The Labute approximate surface area is 167 Å². The van der Waals surface area contributed by atoms with E-state index in [0.717, 1.165) is 22.1 Å². The second-order valence-corrected chi connectivity index (χ2v) is 6.80. The minimum Gasteiger partial charge on any atom is -0.384 e. The molecule has 4 rings (SSSR count). The first kappa shape index (κ1) is 18.4. The second-order valence-electron chi connectivity index (χ2n) is 6.80. The molecule has 0 saturated carbocycles. The zero-order valence-corrected chi connectivity index (χ0v) is 15.9. The van der Waals surface area contributed by atoms with Crippen molar-refractivity contribution < 1.29 is 4.79 Å². The first-order chi connectivity index (χ1) is 14.0. The minimum absolute atomic E-state index is 0.0753. The third kappa shape index (κ3) is 3.73. The first-order valence-corrected chi connectivity index (χ1v) is 9.21. The maximum atomic E-state index is 13.0. The van der Waals surface area contributed by atoms with Gasteiger partial charge >= 0.3 is 0 Å². The lowest BCUT2D eigenvalue weighted by molar-refractivity contribution is 0.0963. The van der Waals surface area contributed by atoms with E-state index in [1.165, 1.54) is 0 Å². The van der Waals surface area contributed by atoms with Crippen LogP contribution in [0.5, 0.6) is 0 Å². The SMILES string of the molecule is CNC(=O)c1cccc(Cn2ccc3cc(-c4ccnc(N)c4)ccc3c2=O)c1. The van der Waals surface area contributed by atoms with Crippen molar-refractivity contribution in [2.75, 3.05) is 12.8 Å². The van der Waals surface area contributed by atoms with Gasteiger partial charge in [-0.2, -0.15) is 0 Å². The van der Waals surface area contributed by atoms with Crippen molar-refractivity contribution in [2.24, 2.45) is 0 Å². The number of nitrogens with one attached hydrogen (secondary N) is 1. The van der Waals surface area contributed by atoms with Crippen LogP contribution < -0.4 is 16.6 Å². The Hall–Kier alpha value is -3.93. The molecule has 0 fully saturated rings. The van der Waals surface area contributed by atoms with Crippen LogP contribution in [0.2, 0.25) is 0 Å². The van der Waals surface area contributed by atoms with Gasteiger partial charge in [0.2, 0.25) is 0 Å². The molecule has 144 valence electrons. The van der Waals surface area contributed by atoms with Gasteiger partial charge in [0.1, 0.15) is 5.82 Å². The molecular weight excluding hydrogens is 364 g/mol. The van der Waals surface area contributed by atoms with Gasteiger partial charge in [-0.15, -0.1) is 0 Å². The number of fused-ring (bicyclic) bond motifs is 1. The monoisotopic (exact) mass is 384 g/mol. The molecule has 0 aliphatic carbocycles. The van der Waals surface area contributed by atoms with Crippen LogP contribution in [-0.4, -0.2) is 22.5 Å². The van der Waals surface area contributed by atoms with Gasteiger partial charge in [0.15, 0.2) is 0 Å². The molecule has 0 saturated heterocycles. The van der Waals surface area contributed by atoms with Crippen LogP contribution in [0.1, 0.15) is 15.9 Å². The second kappa shape index (κ2) is 7.59. The topological polar surface area (TPSA) is 90.0 Å². The van der Waals surface area contributed by atoms with E-state index in [9.17, 15) is 9.59 Å². The lowest BCUT2D eigenvalue weighted by Crippen LogP contribution is -2.21. The molecule has 0 bridgehead atoms. The molecule has 1 amide bonds. The quantitative estimate of drug-likeness (QED) is 0.566. The molecule has 0 aliphatic heterocycles. The number of hydrogen-bond donors (Lipinski definition) is 2. The van der Waals surface area contributed by atoms with Gasteiger partial charge in [-0.3, -0.25) is 9.59 Å². The van der Waals surface area contributed by atoms with Crippen molar-refractivity contribution in [3.05, 3.63) is 94.5 Å². The van der Waals surface area contributed by atoms with Crippen LogP contribution in [0.15, 0.2) is 77.9 Å². The third-order valence-electron chi connectivity index (χ3n) is 4.86. The molecule has 0 aliphatic rings. The fraction of sp³-hybridized carbons (Fsp3) is 0.0870. The number of benzene rings is 2. The summed E-state index contributed by atoms with van der Waals surface area (Å²) in [5.41, 5.74) is 9.08. The van der Waals surface area contributed by atoms with Gasteiger partial charge in [-0.05, 0) is 64.5 Å². The number of nitrogen functional groups attached to an aromatic ring is 1. The Bertz CT molecular complexity index is 1280. The number of rotatable bonds is 4. The summed E-state index contributed by atoms with van der Waals surface area (Å²) >= 11 is 0. The highest BCUT2D eigenvalue weighted by Crippen LogP contribution is 2.24. The van der Waals surface area contributed by atoms with E-state index in [1.54, 1.807) is 36.1 Å². The molecule has 0 spiro atoms. The molecule has 3 N–H and O–H groups in total. The van der Waals surface area contributed by atoms with E-state index >= 15 is 0 Å². The molecule has 2 aromatic heterocycles. The highest BCUT2D eigenvalue weighted by atomic mass is 16.1. The molecular formula is C23H20N4O2. The van der Waals surface area contributed by atoms with Gasteiger partial charge in [0, 0.05) is 30.4 Å². The van der Waals surface area contributed by atoms with Crippen LogP contribution in [0.25, 0.3) is 21.9 Å². The maximum Gasteiger partial charge on any atom is 0.258 e. The Morgan fingerprint density at radius 2 is 1.90 bits per heavy atom. The fourth-order valence-corrected chi connectivity index (χ4v) is 3.37. The van der Waals surface area contributed by atoms with E-state index in [0.29, 0.717) is 23.3 Å². The molecule has 0 radical (unpaired) electrons. The molecule has 2 heterocycles. The summed E-state index contributed by atoms with van der Waals surface area (Å²) in [5.74, 6) is 0.305. The average molecular weight is 384 g/mol. The van der Waals surface area contributed by atoms with Gasteiger partial charge in [-0.25, -0.2) is 4.98 Å². The van der Waals surface area contributed by atoms with Crippen LogP contribution in [-0.2, 0) is 6.54 Å². The summed E-state index contributed by atoms with van der Waals surface area (Å²) in [6.07, 6.45) is 3.45. The van der Waals surface area contributed by atoms with Crippen molar-refractivity contribution in [3.63, 3.8) is 0 Å². The lowest BCUT2D eigenvalue weighted by Gasteiger charge is -2.10. The average Bonchev–Trinajstić information content (AvgIpc) is 2.75. The summed E-state index contributed by atoms with van der Waals surface area (Å²) in [4.78, 5) is 28.8. The van der Waals surface area contributed by atoms with Crippen LogP contribution in [0, 0.1) is 0 Å². The Morgan fingerprint density at radius 1 is 1.07 bits per heavy atom. The highest BCUT2D eigenvalue weighted by molar-refractivity contribution is 5.94. The lowest BCUT2D eigenvalue weighted by atomic mass is 10.0. The molecule has 4 aromatic rings. The zero-order chi connectivity index (χ0) is 20.4. The minimum atomic E-state index is -0.151. The number of nitrogens with two attached hydrogens (primary N) is 1. The van der Waals surface area contributed by atoms with Gasteiger partial charge in [-0.1, -0.05) is 18.2 Å². The molecule has 2 aromatic carbocycles. The predicted molar refractivity (Wildman–Crippen MR) is 115 cm³/mol. The predicted octanol–water partition coefficient (Wildman–Crippen LogP) is 3.05. The standard InChI is InChI=1S/C23H20N4O2/c1-25-22(28)19-4-2-3-15(11-19)14-27-10-8-18-12-16(5-6-20(18)23(27)29)17-7-9-26-21(24)13-17/h2-13H,14H2,1H3,(H2,24,26)(H,25,28). The summed E-state index contributed by atoms with van der Waals surface area (Å²) in [6, 6.07) is 18.6. The van der Waals surface area contributed by atoms with Gasteiger partial charge in [0.05, 0.1) is 6.54 Å². The number of amides is 1. The van der Waals surface area contributed by atoms with Crippen molar-refractivity contribution in [1.82, 2.24) is 14.9 Å². The van der Waals surface area contributed by atoms with E-state index < -0.39 is 0 Å². The number of pyridine rings is 2. The van der Waals surface area contributed by atoms with E-state index in [-0.39, 0.29) is 11.5 Å². The van der Waals surface area contributed by atoms with Crippen LogP contribution >= 0.6 is 0 Å². The van der Waals surface area contributed by atoms with Gasteiger partial charge in [0.25, 0.3) is 11.5 Å². The fourth-order valence-electron chi connectivity index (χ4n) is 3.37. The molecule has 0 atom stereocenters. The Balaban J connectivity index is 1.69. The van der Waals surface area contributed by atoms with Gasteiger partial charge < -0.3 is 15.6 Å². The maximum absolute atomic E-state index is 13.0. The van der Waals surface area contributed by atoms with Crippen LogP contribution in [0.4, 0.5) is 5.82 Å². The largest absolute Gasteiger partial charge is 0.384 e.